The van der Waals surface area contributed by atoms with Crippen LogP contribution in [0.3, 0.4) is 0 Å². The molecule has 0 saturated heterocycles. The fourth-order valence-corrected chi connectivity index (χ4v) is 3.30. The van der Waals surface area contributed by atoms with E-state index in [2.05, 4.69) is 25.1 Å². The monoisotopic (exact) mass is 347 g/mol. The zero-order chi connectivity index (χ0) is 16.6. The average Bonchev–Trinajstić information content (AvgIpc) is 3.27. The number of aromatic nitrogens is 2. The Morgan fingerprint density at radius 2 is 2.04 bits per heavy atom. The number of hydrogen-bond donors (Lipinski definition) is 2. The highest BCUT2D eigenvalue weighted by Crippen LogP contribution is 2.25. The molecule has 7 nitrogen and oxygen atoms in total. The third-order valence-electron chi connectivity index (χ3n) is 3.88. The minimum absolute atomic E-state index is 0.546. The number of fused-ring (bicyclic) bond motifs is 2. The maximum absolute atomic E-state index is 4.64. The number of aliphatic imine (C=N–C) groups is 1. The topological polar surface area (TPSA) is 69.3 Å². The predicted octanol–water partition coefficient (Wildman–Crippen LogP) is 1.87. The van der Waals surface area contributed by atoms with Crippen molar-refractivity contribution in [3.63, 3.8) is 0 Å². The zero-order valence-electron chi connectivity index (χ0n) is 13.0. The molecule has 0 bridgehead atoms. The third-order valence-corrected chi connectivity index (χ3v) is 4.59. The Bertz CT molecular complexity index is 1100. The molecule has 0 radical (unpaired) electrons. The second-order valence-corrected chi connectivity index (χ2v) is 6.27. The van der Waals surface area contributed by atoms with E-state index in [1.807, 2.05) is 76.1 Å². The van der Waals surface area contributed by atoms with Gasteiger partial charge in [-0.25, -0.2) is 10.0 Å². The highest BCUT2D eigenvalue weighted by atomic mass is 32.1. The summed E-state index contributed by atoms with van der Waals surface area (Å²) in [4.78, 5) is 9.25. The number of pyridine rings is 1. The van der Waals surface area contributed by atoms with Crippen molar-refractivity contribution in [2.45, 2.75) is 0 Å². The van der Waals surface area contributed by atoms with Crippen molar-refractivity contribution >= 4 is 28.9 Å². The Morgan fingerprint density at radius 3 is 2.96 bits per heavy atom. The fourth-order valence-electron chi connectivity index (χ4n) is 2.73. The molecule has 2 aromatic heterocycles. The lowest BCUT2D eigenvalue weighted by atomic mass is 10.1. The minimum Gasteiger partial charge on any atom is -0.357 e. The van der Waals surface area contributed by atoms with Crippen LogP contribution in [0, 0.1) is 0 Å². The Morgan fingerprint density at radius 1 is 1.12 bits per heavy atom. The Kier molecular flexibility index (Phi) is 3.14. The van der Waals surface area contributed by atoms with Crippen molar-refractivity contribution < 1.29 is 0 Å². The van der Waals surface area contributed by atoms with Crippen molar-refractivity contribution in [3.05, 3.63) is 84.0 Å². The summed E-state index contributed by atoms with van der Waals surface area (Å²) < 4.78 is 6.14. The van der Waals surface area contributed by atoms with Gasteiger partial charge in [-0.2, -0.15) is 9.37 Å². The maximum atomic E-state index is 4.64. The van der Waals surface area contributed by atoms with Gasteiger partial charge in [0.25, 0.3) is 0 Å². The van der Waals surface area contributed by atoms with Gasteiger partial charge in [-0.05, 0) is 12.1 Å². The molecule has 2 N–H and O–H groups in total. The molecule has 8 heteroatoms. The van der Waals surface area contributed by atoms with Crippen molar-refractivity contribution in [1.29, 1.82) is 0 Å². The molecule has 0 spiro atoms. The number of nitrogens with one attached hydrogen (secondary N) is 2. The van der Waals surface area contributed by atoms with Crippen LogP contribution in [0.15, 0.2) is 83.1 Å². The molecule has 0 unspecified atom stereocenters. The van der Waals surface area contributed by atoms with Crippen molar-refractivity contribution in [3.8, 4) is 0 Å². The van der Waals surface area contributed by atoms with Crippen LogP contribution in [-0.4, -0.2) is 19.1 Å². The fraction of sp³-hybridized carbons (Fsp3) is 0. The van der Waals surface area contributed by atoms with E-state index in [1.165, 1.54) is 11.7 Å². The van der Waals surface area contributed by atoms with Crippen LogP contribution in [0.2, 0.25) is 0 Å². The SMILES string of the molecule is C1=CN2NC(N=c3ccn4sncc4c3)=NC2=C(c2ccccc2)N1. The van der Waals surface area contributed by atoms with Crippen molar-refractivity contribution in [1.82, 2.24) is 23.9 Å². The van der Waals surface area contributed by atoms with Crippen LogP contribution in [-0.2, 0) is 0 Å². The number of rotatable bonds is 1. The summed E-state index contributed by atoms with van der Waals surface area (Å²) in [7, 11) is 0. The first kappa shape index (κ1) is 14.0. The van der Waals surface area contributed by atoms with Gasteiger partial charge in [0.15, 0.2) is 5.82 Å². The van der Waals surface area contributed by atoms with Gasteiger partial charge < -0.3 is 5.32 Å². The normalized spacial score (nSPS) is 16.7. The van der Waals surface area contributed by atoms with E-state index in [1.54, 1.807) is 0 Å². The summed E-state index contributed by atoms with van der Waals surface area (Å²) in [5, 5.41) is 5.95. The van der Waals surface area contributed by atoms with Crippen LogP contribution in [0.1, 0.15) is 5.56 Å². The summed E-state index contributed by atoms with van der Waals surface area (Å²) in [5.74, 6) is 1.34. The molecule has 0 fully saturated rings. The van der Waals surface area contributed by atoms with Crippen LogP contribution in [0.4, 0.5) is 0 Å². The van der Waals surface area contributed by atoms with Crippen LogP contribution >= 0.6 is 11.7 Å². The van der Waals surface area contributed by atoms with E-state index in [-0.39, 0.29) is 0 Å². The molecular weight excluding hydrogens is 334 g/mol. The molecule has 0 saturated carbocycles. The van der Waals surface area contributed by atoms with Crippen molar-refractivity contribution in [2.75, 3.05) is 0 Å². The summed E-state index contributed by atoms with van der Waals surface area (Å²) in [6.45, 7) is 0. The molecule has 0 atom stereocenters. The quantitative estimate of drug-likeness (QED) is 0.705. The summed E-state index contributed by atoms with van der Waals surface area (Å²) in [6.07, 6.45) is 7.52. The number of hydrazine groups is 1. The van der Waals surface area contributed by atoms with Gasteiger partial charge in [-0.1, -0.05) is 30.3 Å². The zero-order valence-corrected chi connectivity index (χ0v) is 13.8. The van der Waals surface area contributed by atoms with Gasteiger partial charge in [0, 0.05) is 24.2 Å². The van der Waals surface area contributed by atoms with Gasteiger partial charge in [0.05, 0.1) is 34.5 Å². The van der Waals surface area contributed by atoms with E-state index in [9.17, 15) is 0 Å². The van der Waals surface area contributed by atoms with Crippen LogP contribution in [0.25, 0.3) is 11.2 Å². The average molecular weight is 347 g/mol. The number of nitrogens with zero attached hydrogens (tertiary/aromatic N) is 5. The lowest BCUT2D eigenvalue weighted by molar-refractivity contribution is 0.432. The third kappa shape index (κ3) is 2.48. The summed E-state index contributed by atoms with van der Waals surface area (Å²) in [6, 6.07) is 14.0. The molecule has 2 aliphatic rings. The molecule has 1 aromatic carbocycles. The number of guanidine groups is 1. The molecule has 4 heterocycles. The van der Waals surface area contributed by atoms with Crippen LogP contribution in [0.5, 0.6) is 0 Å². The van der Waals surface area contributed by atoms with Gasteiger partial charge in [-0.15, -0.1) is 0 Å². The van der Waals surface area contributed by atoms with E-state index in [0.717, 1.165) is 28.0 Å². The molecule has 0 aliphatic carbocycles. The van der Waals surface area contributed by atoms with E-state index >= 15 is 0 Å². The first-order valence-corrected chi connectivity index (χ1v) is 8.46. The predicted molar refractivity (Wildman–Crippen MR) is 96.7 cm³/mol. The Labute approximate surface area is 147 Å². The van der Waals surface area contributed by atoms with E-state index in [4.69, 9.17) is 0 Å². The standard InChI is InChI=1S/C17H13N7S/c1-2-4-12(5-3-1)15-16-21-17(22-23(16)9-7-18-15)20-13-6-8-24-14(10-13)11-19-25-24/h1-11,18H,(H,21,22). The first-order chi connectivity index (χ1) is 12.4. The van der Waals surface area contributed by atoms with Gasteiger partial charge in [-0.3, -0.25) is 9.22 Å². The molecule has 3 aromatic rings. The molecular formula is C17H13N7S. The lowest BCUT2D eigenvalue weighted by Gasteiger charge is -2.21. The molecule has 0 amide bonds. The van der Waals surface area contributed by atoms with Gasteiger partial charge in [0.1, 0.15) is 0 Å². The molecule has 5 rings (SSSR count). The largest absolute Gasteiger partial charge is 0.357 e. The second kappa shape index (κ2) is 5.60. The maximum Gasteiger partial charge on any atom is 0.244 e. The molecule has 2 aliphatic heterocycles. The summed E-state index contributed by atoms with van der Waals surface area (Å²) in [5.41, 5.74) is 6.21. The highest BCUT2D eigenvalue weighted by Gasteiger charge is 2.24. The highest BCUT2D eigenvalue weighted by molar-refractivity contribution is 7.00. The smallest absolute Gasteiger partial charge is 0.244 e. The number of hydrogen-bond acceptors (Lipinski definition) is 7. The van der Waals surface area contributed by atoms with Gasteiger partial charge in [0.2, 0.25) is 5.96 Å². The Hall–Kier alpha value is -3.39. The van der Waals surface area contributed by atoms with Crippen molar-refractivity contribution in [2.24, 2.45) is 9.98 Å². The second-order valence-electron chi connectivity index (χ2n) is 5.51. The molecule has 25 heavy (non-hydrogen) atoms. The minimum atomic E-state index is 0.546. The molecule has 122 valence electrons. The number of benzene rings is 1. The summed E-state index contributed by atoms with van der Waals surface area (Å²) >= 11 is 1.40. The van der Waals surface area contributed by atoms with Gasteiger partial charge >= 0.3 is 0 Å². The van der Waals surface area contributed by atoms with Crippen LogP contribution < -0.4 is 16.1 Å². The van der Waals surface area contributed by atoms with E-state index in [0.29, 0.717) is 5.96 Å². The Balaban J connectivity index is 1.57. The first-order valence-electron chi connectivity index (χ1n) is 7.73. The lowest BCUT2D eigenvalue weighted by Crippen LogP contribution is -2.34. The van der Waals surface area contributed by atoms with E-state index < -0.39 is 0 Å².